The lowest BCUT2D eigenvalue weighted by Gasteiger charge is -2.28. The average molecular weight is 225 g/mol. The molecular weight excluding hydrogens is 208 g/mol. The molecule has 2 atom stereocenters. The Kier molecular flexibility index (Phi) is 3.54. The second-order valence-corrected chi connectivity index (χ2v) is 4.56. The molecule has 88 valence electrons. The van der Waals surface area contributed by atoms with Crippen LogP contribution in [0.1, 0.15) is 31.2 Å². The highest BCUT2D eigenvalue weighted by molar-refractivity contribution is 5.23. The van der Waals surface area contributed by atoms with Gasteiger partial charge in [-0.3, -0.25) is 0 Å². The van der Waals surface area contributed by atoms with E-state index in [9.17, 15) is 8.78 Å². The summed E-state index contributed by atoms with van der Waals surface area (Å²) in [6, 6.07) is 3.72. The molecule has 1 nitrogen and oxygen atoms in total. The summed E-state index contributed by atoms with van der Waals surface area (Å²) in [5, 5.41) is 3.30. The van der Waals surface area contributed by atoms with Crippen LogP contribution in [0.15, 0.2) is 18.2 Å². The molecule has 1 aromatic rings. The zero-order chi connectivity index (χ0) is 11.5. The molecule has 0 aliphatic carbocycles. The second-order valence-electron chi connectivity index (χ2n) is 4.56. The molecule has 1 aliphatic heterocycles. The van der Waals surface area contributed by atoms with Gasteiger partial charge in [0, 0.05) is 0 Å². The zero-order valence-electron chi connectivity index (χ0n) is 9.47. The van der Waals surface area contributed by atoms with Crippen molar-refractivity contribution in [3.05, 3.63) is 35.4 Å². The first-order chi connectivity index (χ1) is 7.68. The largest absolute Gasteiger partial charge is 0.316 e. The summed E-state index contributed by atoms with van der Waals surface area (Å²) < 4.78 is 26.7. The summed E-state index contributed by atoms with van der Waals surface area (Å²) in [6.45, 7) is 3.92. The minimum absolute atomic E-state index is 0.0727. The Labute approximate surface area is 94.9 Å². The van der Waals surface area contributed by atoms with Crippen LogP contribution in [0.25, 0.3) is 0 Å². The lowest BCUT2D eigenvalue weighted by molar-refractivity contribution is 0.329. The van der Waals surface area contributed by atoms with Gasteiger partial charge in [-0.05, 0) is 61.5 Å². The third-order valence-corrected chi connectivity index (χ3v) is 3.49. The molecule has 0 bridgehead atoms. The number of hydrogen-bond donors (Lipinski definition) is 1. The van der Waals surface area contributed by atoms with Gasteiger partial charge in [-0.1, -0.05) is 6.92 Å². The highest BCUT2D eigenvalue weighted by Gasteiger charge is 2.23. The van der Waals surface area contributed by atoms with Crippen LogP contribution in [0.4, 0.5) is 8.78 Å². The smallest absolute Gasteiger partial charge is 0.126 e. The minimum Gasteiger partial charge on any atom is -0.316 e. The Balaban J connectivity index is 2.18. The first-order valence-corrected chi connectivity index (χ1v) is 5.84. The van der Waals surface area contributed by atoms with Crippen LogP contribution < -0.4 is 5.32 Å². The molecule has 1 aliphatic rings. The zero-order valence-corrected chi connectivity index (χ0v) is 9.47. The van der Waals surface area contributed by atoms with Crippen molar-refractivity contribution in [2.45, 2.75) is 25.7 Å². The normalized spacial score (nSPS) is 23.1. The third kappa shape index (κ3) is 2.40. The van der Waals surface area contributed by atoms with Crippen LogP contribution in [0.2, 0.25) is 0 Å². The molecular formula is C13H17F2N. The monoisotopic (exact) mass is 225 g/mol. The predicted molar refractivity (Wildman–Crippen MR) is 60.4 cm³/mol. The van der Waals surface area contributed by atoms with E-state index in [1.165, 1.54) is 18.2 Å². The molecule has 0 aromatic heterocycles. The second kappa shape index (κ2) is 4.91. The molecule has 0 spiro atoms. The van der Waals surface area contributed by atoms with Gasteiger partial charge in [0.1, 0.15) is 11.6 Å². The van der Waals surface area contributed by atoms with Crippen molar-refractivity contribution >= 4 is 0 Å². The molecule has 2 unspecified atom stereocenters. The van der Waals surface area contributed by atoms with Gasteiger partial charge in [-0.25, -0.2) is 8.78 Å². The molecule has 1 fully saturated rings. The summed E-state index contributed by atoms with van der Waals surface area (Å²) in [6.07, 6.45) is 2.20. The molecule has 0 amide bonds. The van der Waals surface area contributed by atoms with E-state index in [4.69, 9.17) is 0 Å². The Morgan fingerprint density at radius 2 is 2.19 bits per heavy atom. The van der Waals surface area contributed by atoms with E-state index >= 15 is 0 Å². The standard InChI is InChI=1S/C13H17F2N/c1-9(10-3-2-6-16-8-10)12-7-11(14)4-5-13(12)15/h4-5,7,9-10,16H,2-3,6,8H2,1H3. The quantitative estimate of drug-likeness (QED) is 0.815. The van der Waals surface area contributed by atoms with Gasteiger partial charge in [-0.15, -0.1) is 0 Å². The van der Waals surface area contributed by atoms with Gasteiger partial charge >= 0.3 is 0 Å². The van der Waals surface area contributed by atoms with E-state index in [0.717, 1.165) is 25.9 Å². The van der Waals surface area contributed by atoms with Crippen molar-refractivity contribution < 1.29 is 8.78 Å². The Morgan fingerprint density at radius 3 is 2.88 bits per heavy atom. The summed E-state index contributed by atoms with van der Waals surface area (Å²) in [7, 11) is 0. The first-order valence-electron chi connectivity index (χ1n) is 5.84. The predicted octanol–water partition coefficient (Wildman–Crippen LogP) is 3.07. The van der Waals surface area contributed by atoms with Crippen LogP contribution in [0.3, 0.4) is 0 Å². The lowest BCUT2D eigenvalue weighted by atomic mass is 9.82. The van der Waals surface area contributed by atoms with Gasteiger partial charge in [0.05, 0.1) is 0 Å². The molecule has 16 heavy (non-hydrogen) atoms. The Bertz CT molecular complexity index is 359. The van der Waals surface area contributed by atoms with E-state index in [0.29, 0.717) is 11.5 Å². The van der Waals surface area contributed by atoms with Crippen molar-refractivity contribution in [3.8, 4) is 0 Å². The van der Waals surface area contributed by atoms with Crippen LogP contribution in [0.5, 0.6) is 0 Å². The van der Waals surface area contributed by atoms with Crippen molar-refractivity contribution in [1.82, 2.24) is 5.32 Å². The number of halogens is 2. The third-order valence-electron chi connectivity index (χ3n) is 3.49. The highest BCUT2D eigenvalue weighted by Crippen LogP contribution is 2.30. The van der Waals surface area contributed by atoms with Gasteiger partial charge in [0.25, 0.3) is 0 Å². The van der Waals surface area contributed by atoms with Crippen LogP contribution in [-0.2, 0) is 0 Å². The molecule has 3 heteroatoms. The summed E-state index contributed by atoms with van der Waals surface area (Å²) >= 11 is 0. The van der Waals surface area contributed by atoms with Crippen molar-refractivity contribution in [2.24, 2.45) is 5.92 Å². The van der Waals surface area contributed by atoms with Crippen molar-refractivity contribution in [2.75, 3.05) is 13.1 Å². The number of hydrogen-bond acceptors (Lipinski definition) is 1. The number of piperidine rings is 1. The molecule has 1 saturated heterocycles. The van der Waals surface area contributed by atoms with Gasteiger partial charge < -0.3 is 5.32 Å². The molecule has 0 saturated carbocycles. The van der Waals surface area contributed by atoms with E-state index in [1.54, 1.807) is 0 Å². The van der Waals surface area contributed by atoms with E-state index in [2.05, 4.69) is 5.32 Å². The first kappa shape index (κ1) is 11.5. The maximum absolute atomic E-state index is 13.6. The van der Waals surface area contributed by atoms with E-state index in [-0.39, 0.29) is 17.6 Å². The molecule has 1 heterocycles. The fourth-order valence-corrected chi connectivity index (χ4v) is 2.42. The number of benzene rings is 1. The summed E-state index contributed by atoms with van der Waals surface area (Å²) in [5.74, 6) is -0.167. The van der Waals surface area contributed by atoms with E-state index in [1.807, 2.05) is 6.92 Å². The minimum atomic E-state index is -0.355. The summed E-state index contributed by atoms with van der Waals surface area (Å²) in [5.41, 5.74) is 0.508. The fourth-order valence-electron chi connectivity index (χ4n) is 2.42. The maximum atomic E-state index is 13.6. The number of nitrogens with one attached hydrogen (secondary N) is 1. The topological polar surface area (TPSA) is 12.0 Å². The van der Waals surface area contributed by atoms with Gasteiger partial charge in [0.2, 0.25) is 0 Å². The van der Waals surface area contributed by atoms with E-state index < -0.39 is 0 Å². The lowest BCUT2D eigenvalue weighted by Crippen LogP contribution is -2.32. The van der Waals surface area contributed by atoms with Crippen molar-refractivity contribution in [1.29, 1.82) is 0 Å². The van der Waals surface area contributed by atoms with Crippen LogP contribution in [0, 0.1) is 17.6 Å². The Hall–Kier alpha value is -0.960. The Morgan fingerprint density at radius 1 is 1.38 bits per heavy atom. The SMILES string of the molecule is CC(c1cc(F)ccc1F)C1CCCNC1. The van der Waals surface area contributed by atoms with Crippen molar-refractivity contribution in [3.63, 3.8) is 0 Å². The van der Waals surface area contributed by atoms with Gasteiger partial charge in [-0.2, -0.15) is 0 Å². The fraction of sp³-hybridized carbons (Fsp3) is 0.538. The summed E-state index contributed by atoms with van der Waals surface area (Å²) in [4.78, 5) is 0. The highest BCUT2D eigenvalue weighted by atomic mass is 19.1. The molecule has 1 N–H and O–H groups in total. The number of rotatable bonds is 2. The molecule has 2 rings (SSSR count). The molecule has 1 aromatic carbocycles. The average Bonchev–Trinajstić information content (AvgIpc) is 2.32. The van der Waals surface area contributed by atoms with Crippen LogP contribution in [-0.4, -0.2) is 13.1 Å². The molecule has 0 radical (unpaired) electrons. The maximum Gasteiger partial charge on any atom is 0.126 e. The van der Waals surface area contributed by atoms with Gasteiger partial charge in [0.15, 0.2) is 0 Å². The van der Waals surface area contributed by atoms with Crippen LogP contribution >= 0.6 is 0 Å².